The molecule has 1 N–H and O–H groups in total. The minimum Gasteiger partial charge on any atom is -0.494 e. The lowest BCUT2D eigenvalue weighted by Gasteiger charge is -2.35. The second-order valence-corrected chi connectivity index (χ2v) is 10.3. The molecule has 1 atom stereocenters. The first kappa shape index (κ1) is 26.7. The molecule has 0 fully saturated rings. The van der Waals surface area contributed by atoms with Gasteiger partial charge in [-0.3, -0.25) is 9.91 Å². The van der Waals surface area contributed by atoms with Crippen molar-refractivity contribution in [1.29, 1.82) is 0 Å². The van der Waals surface area contributed by atoms with E-state index in [1.165, 1.54) is 24.3 Å². The van der Waals surface area contributed by atoms with Gasteiger partial charge in [-0.25, -0.2) is 9.18 Å². The molecule has 2 aliphatic rings. The second kappa shape index (κ2) is 11.9. The molecule has 41 heavy (non-hydrogen) atoms. The van der Waals surface area contributed by atoms with E-state index in [2.05, 4.69) is 16.0 Å². The zero-order valence-electron chi connectivity index (χ0n) is 22.2. The molecule has 208 valence electrons. The van der Waals surface area contributed by atoms with Crippen LogP contribution in [0.1, 0.15) is 35.7 Å². The molecular weight excluding hydrogens is 543 g/mol. The lowest BCUT2D eigenvalue weighted by atomic mass is 9.92. The van der Waals surface area contributed by atoms with Gasteiger partial charge in [0.25, 0.3) is 0 Å². The van der Waals surface area contributed by atoms with Crippen LogP contribution in [0.15, 0.2) is 90.2 Å². The molecule has 4 aromatic rings. The first-order valence-electron chi connectivity index (χ1n) is 13.5. The highest BCUT2D eigenvalue weighted by Gasteiger charge is 2.35. The summed E-state index contributed by atoms with van der Waals surface area (Å²) in [6, 6.07) is 18.5. The average molecular weight is 571 g/mol. The van der Waals surface area contributed by atoms with Crippen molar-refractivity contribution in [3.8, 4) is 11.5 Å². The molecule has 0 bridgehead atoms. The number of fused-ring (bicyclic) bond motifs is 3. The van der Waals surface area contributed by atoms with Gasteiger partial charge in [0.1, 0.15) is 23.4 Å². The molecule has 1 amide bonds. The predicted octanol–water partition coefficient (Wildman–Crippen LogP) is 7.24. The molecule has 0 saturated heterocycles. The number of allylic oxidation sites excluding steroid dienone is 2. The molecule has 0 radical (unpaired) electrons. The largest absolute Gasteiger partial charge is 0.494 e. The van der Waals surface area contributed by atoms with Crippen LogP contribution in [-0.2, 0) is 6.42 Å². The molecule has 3 aromatic carbocycles. The number of hydrogen-bond donors (Lipinski definition) is 1. The van der Waals surface area contributed by atoms with Crippen molar-refractivity contribution in [3.05, 3.63) is 113 Å². The molecule has 0 unspecified atom stereocenters. The van der Waals surface area contributed by atoms with E-state index < -0.39 is 18.0 Å². The number of halogens is 2. The number of nitrogens with one attached hydrogen (secondary N) is 1. The molecule has 9 heteroatoms. The fourth-order valence-corrected chi connectivity index (χ4v) is 5.38. The number of ether oxygens (including phenoxy) is 2. The van der Waals surface area contributed by atoms with Gasteiger partial charge >= 0.3 is 6.09 Å². The van der Waals surface area contributed by atoms with Crippen LogP contribution in [0.2, 0.25) is 5.02 Å². The number of aromatic nitrogens is 1. The Hall–Kier alpha value is -4.52. The lowest BCUT2D eigenvalue weighted by molar-refractivity contribution is 0.135. The van der Waals surface area contributed by atoms with Crippen molar-refractivity contribution in [2.45, 2.75) is 25.3 Å². The molecular formula is C32H28ClFN4O3. The van der Waals surface area contributed by atoms with Gasteiger partial charge in [-0.15, -0.1) is 5.10 Å². The Balaban J connectivity index is 1.22. The normalized spacial score (nSPS) is 16.1. The van der Waals surface area contributed by atoms with Crippen molar-refractivity contribution in [2.24, 2.45) is 5.10 Å². The van der Waals surface area contributed by atoms with Gasteiger partial charge in [0.05, 0.1) is 6.61 Å². The number of rotatable bonds is 7. The maximum Gasteiger partial charge on any atom is 0.416 e. The van der Waals surface area contributed by atoms with E-state index in [0.717, 1.165) is 52.9 Å². The van der Waals surface area contributed by atoms with E-state index in [4.69, 9.17) is 21.1 Å². The quantitative estimate of drug-likeness (QED) is 0.238. The van der Waals surface area contributed by atoms with Gasteiger partial charge in [-0.2, -0.15) is 0 Å². The summed E-state index contributed by atoms with van der Waals surface area (Å²) in [7, 11) is 0. The molecule has 1 aromatic heterocycles. The molecule has 3 heterocycles. The van der Waals surface area contributed by atoms with Gasteiger partial charge in [0.15, 0.2) is 0 Å². The van der Waals surface area contributed by atoms with E-state index in [9.17, 15) is 9.18 Å². The van der Waals surface area contributed by atoms with Crippen LogP contribution in [0.5, 0.6) is 11.5 Å². The number of nitrogens with zero attached hydrogens (tertiary/aromatic N) is 3. The highest BCUT2D eigenvalue weighted by molar-refractivity contribution is 6.31. The molecule has 0 spiro atoms. The number of benzene rings is 3. The van der Waals surface area contributed by atoms with Gasteiger partial charge in [-0.05, 0) is 84.6 Å². The highest BCUT2D eigenvalue weighted by atomic mass is 35.5. The third kappa shape index (κ3) is 5.99. The van der Waals surface area contributed by atoms with Crippen LogP contribution in [-0.4, -0.2) is 46.6 Å². The highest BCUT2D eigenvalue weighted by Crippen LogP contribution is 2.40. The number of carbonyl (C=O) groups excluding carboxylic acids is 1. The molecule has 0 saturated carbocycles. The summed E-state index contributed by atoms with van der Waals surface area (Å²) >= 11 is 6.32. The summed E-state index contributed by atoms with van der Waals surface area (Å²) in [4.78, 5) is 18.7. The van der Waals surface area contributed by atoms with Gasteiger partial charge < -0.3 is 14.5 Å². The molecule has 0 aliphatic carbocycles. The topological polar surface area (TPSA) is 70.2 Å². The summed E-state index contributed by atoms with van der Waals surface area (Å²) in [5.41, 5.74) is 3.90. The first-order chi connectivity index (χ1) is 20.0. The number of amides is 1. The van der Waals surface area contributed by atoms with Crippen molar-refractivity contribution in [3.63, 3.8) is 0 Å². The Morgan fingerprint density at radius 2 is 1.90 bits per heavy atom. The SMILES string of the molecule is O=C(Oc1ccc(F)cc1)N1CCc2c([nH]c3ccc(Cl)cc23)[C@@H]1c1ccc(OCCCN2C=CCC=C=N2)cc1. The Morgan fingerprint density at radius 3 is 2.73 bits per heavy atom. The first-order valence-corrected chi connectivity index (χ1v) is 13.9. The molecule has 7 nitrogen and oxygen atoms in total. The molecule has 6 rings (SSSR count). The van der Waals surface area contributed by atoms with Gasteiger partial charge in [-0.1, -0.05) is 29.8 Å². The Morgan fingerprint density at radius 1 is 1.10 bits per heavy atom. The average Bonchev–Trinajstić information content (AvgIpc) is 3.15. The number of carbonyl (C=O) groups is 1. The van der Waals surface area contributed by atoms with Crippen LogP contribution in [0, 0.1) is 5.82 Å². The predicted molar refractivity (Wildman–Crippen MR) is 157 cm³/mol. The number of H-pyrrole nitrogens is 1. The third-order valence-corrected chi connectivity index (χ3v) is 7.38. The standard InChI is InChI=1S/C32H28ClFN4O3/c33-23-7-14-29-28(21-23)27-15-19-38(32(39)41-26-12-8-24(34)9-13-26)31(30(27)36-29)22-5-10-25(11-6-22)40-20-4-18-37-17-3-1-2-16-35-37/h2-3,5-14,17,21,31,36H,1,4,15,18-20H2/t31-/m0/s1. The summed E-state index contributed by atoms with van der Waals surface area (Å²) in [6.45, 7) is 1.71. The minimum absolute atomic E-state index is 0.283. The smallest absolute Gasteiger partial charge is 0.416 e. The van der Waals surface area contributed by atoms with E-state index in [1.54, 1.807) is 4.90 Å². The van der Waals surface area contributed by atoms with Crippen LogP contribution >= 0.6 is 11.6 Å². The van der Waals surface area contributed by atoms with E-state index in [-0.39, 0.29) is 5.75 Å². The van der Waals surface area contributed by atoms with E-state index in [1.807, 2.05) is 65.8 Å². The van der Waals surface area contributed by atoms with Crippen molar-refractivity contribution in [1.82, 2.24) is 14.9 Å². The Kier molecular flexibility index (Phi) is 7.76. The fraction of sp³-hybridized carbons (Fsp3) is 0.219. The Labute approximate surface area is 242 Å². The van der Waals surface area contributed by atoms with E-state index >= 15 is 0 Å². The van der Waals surface area contributed by atoms with Gasteiger partial charge in [0.2, 0.25) is 0 Å². The third-order valence-electron chi connectivity index (χ3n) is 7.15. The van der Waals surface area contributed by atoms with Crippen LogP contribution in [0.3, 0.4) is 0 Å². The summed E-state index contributed by atoms with van der Waals surface area (Å²) in [5, 5.41) is 7.79. The van der Waals surface area contributed by atoms with E-state index in [0.29, 0.717) is 24.6 Å². The van der Waals surface area contributed by atoms with Crippen molar-refractivity contribution >= 4 is 34.5 Å². The number of hydrazone groups is 1. The van der Waals surface area contributed by atoms with Crippen molar-refractivity contribution in [2.75, 3.05) is 19.7 Å². The van der Waals surface area contributed by atoms with Crippen LogP contribution < -0.4 is 9.47 Å². The van der Waals surface area contributed by atoms with Crippen molar-refractivity contribution < 1.29 is 18.7 Å². The second-order valence-electron chi connectivity index (χ2n) is 9.86. The zero-order chi connectivity index (χ0) is 28.2. The number of aromatic amines is 1. The monoisotopic (exact) mass is 570 g/mol. The maximum absolute atomic E-state index is 13.4. The lowest BCUT2D eigenvalue weighted by Crippen LogP contribution is -2.42. The summed E-state index contributed by atoms with van der Waals surface area (Å²) in [5.74, 6) is 3.53. The maximum atomic E-state index is 13.4. The number of hydrogen-bond acceptors (Lipinski definition) is 5. The fourth-order valence-electron chi connectivity index (χ4n) is 5.21. The summed E-state index contributed by atoms with van der Waals surface area (Å²) < 4.78 is 25.0. The van der Waals surface area contributed by atoms with Crippen LogP contribution in [0.25, 0.3) is 10.9 Å². The van der Waals surface area contributed by atoms with Gasteiger partial charge in [0, 0.05) is 53.2 Å². The zero-order valence-corrected chi connectivity index (χ0v) is 23.0. The van der Waals surface area contributed by atoms with Crippen LogP contribution in [0.4, 0.5) is 9.18 Å². The Bertz CT molecular complexity index is 1640. The minimum atomic E-state index is -0.510. The summed E-state index contributed by atoms with van der Waals surface area (Å²) in [6.07, 6.45) is 7.64. The molecule has 2 aliphatic heterocycles.